The van der Waals surface area contributed by atoms with Crippen molar-refractivity contribution in [3.8, 4) is 5.75 Å². The fourth-order valence-electron chi connectivity index (χ4n) is 6.17. The monoisotopic (exact) mass is 357 g/mol. The van der Waals surface area contributed by atoms with Gasteiger partial charge in [-0.3, -0.25) is 4.48 Å². The number of aryl methyl sites for hydroxylation is 1. The molecule has 0 spiro atoms. The van der Waals surface area contributed by atoms with Gasteiger partial charge in [-0.05, 0) is 57.7 Å². The maximum absolute atomic E-state index is 13.5. The molecule has 1 amide bonds. The summed E-state index contributed by atoms with van der Waals surface area (Å²) in [7, 11) is 1.68. The Morgan fingerprint density at radius 3 is 2.23 bits per heavy atom. The van der Waals surface area contributed by atoms with Crippen LogP contribution in [0.3, 0.4) is 0 Å². The fraction of sp³-hybridized carbons (Fsp3) is 0.682. The van der Waals surface area contributed by atoms with E-state index >= 15 is 0 Å². The molecule has 26 heavy (non-hydrogen) atoms. The van der Waals surface area contributed by atoms with Crippen molar-refractivity contribution < 1.29 is 14.0 Å². The van der Waals surface area contributed by atoms with Gasteiger partial charge in [0, 0.05) is 23.3 Å². The highest BCUT2D eigenvalue weighted by Crippen LogP contribution is 2.58. The minimum Gasteiger partial charge on any atom is -0.497 e. The molecule has 4 bridgehead atoms. The van der Waals surface area contributed by atoms with Crippen molar-refractivity contribution in [2.45, 2.75) is 57.5 Å². The Balaban J connectivity index is 1.54. The molecule has 0 radical (unpaired) electrons. The molecule has 2 atom stereocenters. The molecule has 1 aromatic carbocycles. The standard InChI is InChI=1S/C22H33N2O2/c1-21(2)16-11-17-13-24(21,14-18(12-16)22(17,3)23)20(25)10-7-15-5-8-19(26-4)9-6-15/h5-6,8-9,16-18H,7,10-14,23H2,1-4H3/q+1. The zero-order chi connectivity index (χ0) is 18.7. The summed E-state index contributed by atoms with van der Waals surface area (Å²) in [6, 6.07) is 8.09. The van der Waals surface area contributed by atoms with E-state index in [0.29, 0.717) is 34.6 Å². The van der Waals surface area contributed by atoms with Crippen LogP contribution in [0.25, 0.3) is 0 Å². The van der Waals surface area contributed by atoms with Crippen LogP contribution in [0.15, 0.2) is 24.3 Å². The SMILES string of the molecule is COc1ccc(CCC(=O)[N+]23CC4CC(CC(C2)C4(C)N)C3(C)C)cc1. The summed E-state index contributed by atoms with van der Waals surface area (Å²) in [5.41, 5.74) is 7.87. The summed E-state index contributed by atoms with van der Waals surface area (Å²) >= 11 is 0. The molecule has 3 heterocycles. The molecule has 5 rings (SSSR count). The first-order valence-electron chi connectivity index (χ1n) is 10.0. The lowest BCUT2D eigenvalue weighted by Gasteiger charge is -2.69. The summed E-state index contributed by atoms with van der Waals surface area (Å²) < 4.78 is 5.89. The summed E-state index contributed by atoms with van der Waals surface area (Å²) in [5.74, 6) is 2.87. The van der Waals surface area contributed by atoms with Gasteiger partial charge in [0.15, 0.2) is 0 Å². The molecule has 1 aliphatic carbocycles. The van der Waals surface area contributed by atoms with Crippen LogP contribution in [-0.4, -0.2) is 41.7 Å². The van der Waals surface area contributed by atoms with E-state index < -0.39 is 0 Å². The minimum absolute atomic E-state index is 0.0422. The van der Waals surface area contributed by atoms with Crippen molar-refractivity contribution in [2.75, 3.05) is 20.2 Å². The van der Waals surface area contributed by atoms with Gasteiger partial charge in [0.25, 0.3) is 0 Å². The Kier molecular flexibility index (Phi) is 4.02. The Bertz CT molecular complexity index is 689. The number of hydrogen-bond donors (Lipinski definition) is 1. The number of rotatable bonds is 4. The number of carbonyl (C=O) groups excluding carboxylic acids is 1. The molecular weight excluding hydrogens is 324 g/mol. The zero-order valence-corrected chi connectivity index (χ0v) is 16.6. The highest BCUT2D eigenvalue weighted by atomic mass is 16.5. The van der Waals surface area contributed by atoms with Gasteiger partial charge in [0.1, 0.15) is 11.3 Å². The first-order chi connectivity index (χ1) is 12.2. The van der Waals surface area contributed by atoms with Gasteiger partial charge in [-0.25, -0.2) is 4.79 Å². The van der Waals surface area contributed by atoms with Gasteiger partial charge < -0.3 is 10.5 Å². The third kappa shape index (κ3) is 2.38. The summed E-state index contributed by atoms with van der Waals surface area (Å²) in [6.45, 7) is 8.76. The molecule has 2 N–H and O–H groups in total. The molecule has 1 saturated carbocycles. The summed E-state index contributed by atoms with van der Waals surface area (Å²) in [5, 5.41) is 0. The van der Waals surface area contributed by atoms with Crippen molar-refractivity contribution in [3.05, 3.63) is 29.8 Å². The maximum Gasteiger partial charge on any atom is 0.314 e. The number of quaternary nitrogens is 1. The second kappa shape index (κ2) is 5.80. The Hall–Kier alpha value is -1.39. The van der Waals surface area contributed by atoms with Gasteiger partial charge in [-0.1, -0.05) is 12.1 Å². The van der Waals surface area contributed by atoms with Crippen LogP contribution < -0.4 is 10.5 Å². The van der Waals surface area contributed by atoms with Crippen molar-refractivity contribution in [1.82, 2.24) is 0 Å². The molecule has 2 unspecified atom stereocenters. The quantitative estimate of drug-likeness (QED) is 0.842. The number of amides is 1. The van der Waals surface area contributed by atoms with Gasteiger partial charge in [-0.2, -0.15) is 0 Å². The molecule has 4 aliphatic rings. The first-order valence-corrected chi connectivity index (χ1v) is 10.0. The van der Waals surface area contributed by atoms with Crippen LogP contribution in [0.1, 0.15) is 45.6 Å². The Labute approximate surface area is 157 Å². The average Bonchev–Trinajstić information content (AvgIpc) is 2.58. The van der Waals surface area contributed by atoms with Crippen LogP contribution >= 0.6 is 0 Å². The van der Waals surface area contributed by atoms with E-state index in [2.05, 4.69) is 32.9 Å². The second-order valence-electron chi connectivity index (χ2n) is 9.66. The van der Waals surface area contributed by atoms with Crippen LogP contribution in [-0.2, 0) is 11.2 Å². The lowest BCUT2D eigenvalue weighted by molar-refractivity contribution is -0.935. The normalized spacial score (nSPS) is 39.8. The van der Waals surface area contributed by atoms with Crippen molar-refractivity contribution in [2.24, 2.45) is 23.5 Å². The number of nitrogens with two attached hydrogens (primary N) is 1. The molecule has 0 aromatic heterocycles. The molecule has 4 nitrogen and oxygen atoms in total. The summed E-state index contributed by atoms with van der Waals surface area (Å²) in [6.07, 6.45) is 3.81. The Morgan fingerprint density at radius 2 is 1.69 bits per heavy atom. The molecule has 4 fully saturated rings. The van der Waals surface area contributed by atoms with Crippen molar-refractivity contribution >= 4 is 5.91 Å². The van der Waals surface area contributed by atoms with E-state index in [0.717, 1.165) is 25.3 Å². The first kappa shape index (κ1) is 18.0. The lowest BCUT2D eigenvalue weighted by Crippen LogP contribution is -2.83. The highest BCUT2D eigenvalue weighted by molar-refractivity contribution is 5.70. The number of benzene rings is 1. The van der Waals surface area contributed by atoms with Crippen molar-refractivity contribution in [1.29, 1.82) is 0 Å². The van der Waals surface area contributed by atoms with Crippen LogP contribution in [0.2, 0.25) is 0 Å². The lowest BCUT2D eigenvalue weighted by atomic mass is 9.52. The number of piperidine rings is 3. The predicted octanol–water partition coefficient (Wildman–Crippen LogP) is 3.14. The minimum atomic E-state index is -0.0922. The third-order valence-electron chi connectivity index (χ3n) is 8.33. The number of nitrogens with zero attached hydrogens (tertiary/aromatic N) is 1. The molecular formula is C22H33N2O2+. The molecule has 3 aliphatic heterocycles. The smallest absolute Gasteiger partial charge is 0.314 e. The number of methoxy groups -OCH3 is 1. The average molecular weight is 358 g/mol. The van der Waals surface area contributed by atoms with E-state index in [9.17, 15) is 4.79 Å². The number of hydrogen-bond acceptors (Lipinski definition) is 3. The summed E-state index contributed by atoms with van der Waals surface area (Å²) in [4.78, 5) is 13.5. The van der Waals surface area contributed by atoms with Gasteiger partial charge >= 0.3 is 5.91 Å². The van der Waals surface area contributed by atoms with E-state index in [1.54, 1.807) is 7.11 Å². The second-order valence-corrected chi connectivity index (χ2v) is 9.66. The van der Waals surface area contributed by atoms with E-state index in [1.807, 2.05) is 12.1 Å². The number of ether oxygens (including phenoxy) is 1. The Morgan fingerprint density at radius 1 is 1.12 bits per heavy atom. The molecule has 3 saturated heterocycles. The fourth-order valence-corrected chi connectivity index (χ4v) is 6.17. The van der Waals surface area contributed by atoms with Crippen molar-refractivity contribution in [3.63, 3.8) is 0 Å². The molecule has 142 valence electrons. The van der Waals surface area contributed by atoms with E-state index in [4.69, 9.17) is 10.5 Å². The van der Waals surface area contributed by atoms with Gasteiger partial charge in [-0.15, -0.1) is 0 Å². The topological polar surface area (TPSA) is 52.3 Å². The van der Waals surface area contributed by atoms with Crippen LogP contribution in [0, 0.1) is 17.8 Å². The predicted molar refractivity (Wildman–Crippen MR) is 103 cm³/mol. The molecule has 4 heteroatoms. The van der Waals surface area contributed by atoms with Gasteiger partial charge in [0.2, 0.25) is 0 Å². The van der Waals surface area contributed by atoms with Crippen LogP contribution in [0.5, 0.6) is 5.75 Å². The van der Waals surface area contributed by atoms with E-state index in [1.165, 1.54) is 18.4 Å². The van der Waals surface area contributed by atoms with Gasteiger partial charge in [0.05, 0.1) is 26.6 Å². The number of carbonyl (C=O) groups is 1. The van der Waals surface area contributed by atoms with E-state index in [-0.39, 0.29) is 11.1 Å². The largest absolute Gasteiger partial charge is 0.497 e. The third-order valence-corrected chi connectivity index (χ3v) is 8.33. The maximum atomic E-state index is 13.5. The molecule has 1 aromatic rings. The highest BCUT2D eigenvalue weighted by Gasteiger charge is 2.69. The van der Waals surface area contributed by atoms with Crippen LogP contribution in [0.4, 0.5) is 0 Å². The zero-order valence-electron chi connectivity index (χ0n) is 16.6.